The van der Waals surface area contributed by atoms with Crippen molar-refractivity contribution in [2.75, 3.05) is 0 Å². The Morgan fingerprint density at radius 2 is 2.00 bits per heavy atom. The summed E-state index contributed by atoms with van der Waals surface area (Å²) in [6.45, 7) is 0. The second-order valence-corrected chi connectivity index (χ2v) is 1.30. The number of hydrogen-bond acceptors (Lipinski definition) is 0. The summed E-state index contributed by atoms with van der Waals surface area (Å²) in [4.78, 5) is 1.35. The highest BCUT2D eigenvalue weighted by Crippen LogP contribution is 1.96. The van der Waals surface area contributed by atoms with Gasteiger partial charge < -0.3 is 0 Å². The first-order chi connectivity index (χ1) is 3.27. The molecule has 0 radical (unpaired) electrons. The Bertz CT molecular complexity index is 91.9. The summed E-state index contributed by atoms with van der Waals surface area (Å²) in [7, 11) is 0. The van der Waals surface area contributed by atoms with E-state index in [4.69, 9.17) is 0 Å². The summed E-state index contributed by atoms with van der Waals surface area (Å²) in [5.74, 6) is 0. The third-order valence-electron chi connectivity index (χ3n) is 0.295. The van der Waals surface area contributed by atoms with Gasteiger partial charge in [-0.3, -0.25) is 0 Å². The van der Waals surface area contributed by atoms with Crippen LogP contribution in [0.2, 0.25) is 0 Å². The summed E-state index contributed by atoms with van der Waals surface area (Å²) in [6.07, 6.45) is 0.222. The smallest absolute Gasteiger partial charge is 0.173 e. The van der Waals surface area contributed by atoms with Gasteiger partial charge in [0.2, 0.25) is 0 Å². The van der Waals surface area contributed by atoms with Crippen LogP contribution in [0.25, 0.3) is 0 Å². The van der Waals surface area contributed by atoms with Crippen LogP contribution in [0, 0.1) is 0 Å². The van der Waals surface area contributed by atoms with Gasteiger partial charge in [-0.25, -0.2) is 0 Å². The second-order valence-electron chi connectivity index (χ2n) is 0.775. The fraction of sp³-hybridized carbons (Fsp3) is 0. The Kier molecular flexibility index (Phi) is 3.89. The molecule has 0 fully saturated rings. The highest BCUT2D eigenvalue weighted by molar-refractivity contribution is 9.11. The number of allylic oxidation sites excluding steroid dienone is 2. The average molecular weight is 169 g/mol. The van der Waals surface area contributed by atoms with Crippen LogP contribution in [0.4, 0.5) is 8.78 Å². The van der Waals surface area contributed by atoms with E-state index in [-0.39, 0.29) is 0 Å². The van der Waals surface area contributed by atoms with E-state index in [0.29, 0.717) is 6.08 Å². The Labute approximate surface area is 48.7 Å². The van der Waals surface area contributed by atoms with Gasteiger partial charge in [0.15, 0.2) is 0 Å². The highest BCUT2D eigenvalue weighted by atomic mass is 79.9. The van der Waals surface area contributed by atoms with Crippen molar-refractivity contribution in [2.45, 2.75) is 0 Å². The van der Waals surface area contributed by atoms with Gasteiger partial charge in [0.1, 0.15) is 0 Å². The van der Waals surface area contributed by atoms with Gasteiger partial charge in [-0.05, 0) is 11.1 Å². The van der Waals surface area contributed by atoms with E-state index in [1.165, 1.54) is 11.1 Å². The van der Waals surface area contributed by atoms with Gasteiger partial charge in [-0.2, -0.15) is 8.78 Å². The van der Waals surface area contributed by atoms with E-state index in [1.807, 2.05) is 0 Å². The molecule has 0 aromatic carbocycles. The van der Waals surface area contributed by atoms with Gasteiger partial charge in [0.25, 0.3) is 6.08 Å². The van der Waals surface area contributed by atoms with Gasteiger partial charge >= 0.3 is 0 Å². The summed E-state index contributed by atoms with van der Waals surface area (Å²) in [6, 6.07) is 0. The lowest BCUT2D eigenvalue weighted by Crippen LogP contribution is -1.49. The molecule has 0 aliphatic rings. The molecule has 0 spiro atoms. The Morgan fingerprint density at radius 3 is 2.14 bits per heavy atom. The topological polar surface area (TPSA) is 0 Å². The standard InChI is InChI=1S/C4H3BrF2/c5-3-1-2-4(6)7/h1-3H/b3-1-. The maximum Gasteiger partial charge on any atom is 0.270 e. The molecule has 0 unspecified atom stereocenters. The molecule has 0 amide bonds. The predicted molar refractivity (Wildman–Crippen MR) is 28.4 cm³/mol. The highest BCUT2D eigenvalue weighted by Gasteiger charge is 1.77. The Hall–Kier alpha value is -0.180. The van der Waals surface area contributed by atoms with Gasteiger partial charge in [-0.15, -0.1) is 0 Å². The van der Waals surface area contributed by atoms with Crippen LogP contribution < -0.4 is 0 Å². The minimum Gasteiger partial charge on any atom is -0.173 e. The normalized spacial score (nSPS) is 9.57. The van der Waals surface area contributed by atoms with E-state index < -0.39 is 6.08 Å². The molecule has 0 aromatic rings. The van der Waals surface area contributed by atoms with Crippen LogP contribution >= 0.6 is 15.9 Å². The molecule has 0 rings (SSSR count). The zero-order chi connectivity index (χ0) is 5.70. The van der Waals surface area contributed by atoms with Gasteiger partial charge in [0, 0.05) is 6.08 Å². The molecule has 0 aliphatic heterocycles. The van der Waals surface area contributed by atoms with Crippen LogP contribution in [0.1, 0.15) is 0 Å². The minimum atomic E-state index is -1.68. The molecule has 0 heterocycles. The van der Waals surface area contributed by atoms with Crippen LogP contribution in [-0.4, -0.2) is 0 Å². The van der Waals surface area contributed by atoms with Crippen molar-refractivity contribution in [1.82, 2.24) is 0 Å². The van der Waals surface area contributed by atoms with Crippen molar-refractivity contribution in [3.8, 4) is 0 Å². The maximum atomic E-state index is 11.0. The fourth-order valence-electron chi connectivity index (χ4n) is 0.109. The largest absolute Gasteiger partial charge is 0.270 e. The molecule has 3 heteroatoms. The first kappa shape index (κ1) is 6.82. The van der Waals surface area contributed by atoms with E-state index in [9.17, 15) is 8.78 Å². The van der Waals surface area contributed by atoms with Gasteiger partial charge in [0.05, 0.1) is 0 Å². The molecule has 0 aromatic heterocycles. The molecule has 7 heavy (non-hydrogen) atoms. The summed E-state index contributed by atoms with van der Waals surface area (Å²) >= 11 is 2.82. The van der Waals surface area contributed by atoms with Crippen molar-refractivity contribution >= 4 is 15.9 Å². The Morgan fingerprint density at radius 1 is 1.43 bits per heavy atom. The molecule has 0 N–H and O–H groups in total. The van der Waals surface area contributed by atoms with Crippen molar-refractivity contribution in [1.29, 1.82) is 0 Å². The van der Waals surface area contributed by atoms with E-state index >= 15 is 0 Å². The molecule has 0 aliphatic carbocycles. The SMILES string of the molecule is FC(F)=C/C=C\Br. The molecule has 0 atom stereocenters. The van der Waals surface area contributed by atoms with Crippen LogP contribution in [0.15, 0.2) is 23.2 Å². The molecule has 40 valence electrons. The summed E-state index contributed by atoms with van der Waals surface area (Å²) in [5.41, 5.74) is 0. The monoisotopic (exact) mass is 168 g/mol. The lowest BCUT2D eigenvalue weighted by Gasteiger charge is -1.68. The van der Waals surface area contributed by atoms with Gasteiger partial charge in [-0.1, -0.05) is 15.9 Å². The van der Waals surface area contributed by atoms with Crippen molar-refractivity contribution in [2.24, 2.45) is 0 Å². The number of hydrogen-bond donors (Lipinski definition) is 0. The average Bonchev–Trinajstić information content (AvgIpc) is 1.61. The molecular formula is C4H3BrF2. The zero-order valence-electron chi connectivity index (χ0n) is 3.37. The van der Waals surface area contributed by atoms with E-state index in [2.05, 4.69) is 15.9 Å². The van der Waals surface area contributed by atoms with Crippen molar-refractivity contribution in [3.05, 3.63) is 23.2 Å². The maximum absolute atomic E-state index is 11.0. The number of halogens is 3. The minimum absolute atomic E-state index is 0.703. The predicted octanol–water partition coefficient (Wildman–Crippen LogP) is 2.68. The van der Waals surface area contributed by atoms with Crippen LogP contribution in [0.5, 0.6) is 0 Å². The third kappa shape index (κ3) is 5.82. The second kappa shape index (κ2) is 3.99. The summed E-state index contributed by atoms with van der Waals surface area (Å²) in [5, 5.41) is 0. The van der Waals surface area contributed by atoms with E-state index in [1.54, 1.807) is 0 Å². The quantitative estimate of drug-likeness (QED) is 0.529. The lowest BCUT2D eigenvalue weighted by molar-refractivity contribution is 0.422. The first-order valence-corrected chi connectivity index (χ1v) is 2.47. The molecule has 0 saturated heterocycles. The number of rotatable bonds is 1. The molecular weight excluding hydrogens is 166 g/mol. The first-order valence-electron chi connectivity index (χ1n) is 1.55. The molecule has 0 nitrogen and oxygen atoms in total. The fourth-order valence-corrected chi connectivity index (χ4v) is 0.262. The Balaban J connectivity index is 3.46. The van der Waals surface area contributed by atoms with Crippen molar-refractivity contribution in [3.63, 3.8) is 0 Å². The van der Waals surface area contributed by atoms with Crippen LogP contribution in [0.3, 0.4) is 0 Å². The molecule has 0 saturated carbocycles. The molecule has 0 bridgehead atoms. The lowest BCUT2D eigenvalue weighted by atomic mass is 10.6. The van der Waals surface area contributed by atoms with Crippen LogP contribution in [-0.2, 0) is 0 Å². The van der Waals surface area contributed by atoms with E-state index in [0.717, 1.165) is 0 Å². The zero-order valence-corrected chi connectivity index (χ0v) is 4.95. The third-order valence-corrected chi connectivity index (χ3v) is 0.600. The van der Waals surface area contributed by atoms with Crippen molar-refractivity contribution < 1.29 is 8.78 Å². The summed E-state index contributed by atoms with van der Waals surface area (Å²) < 4.78 is 22.0.